The maximum Gasteiger partial charge on any atom is 0.237 e. The summed E-state index contributed by atoms with van der Waals surface area (Å²) in [4.78, 5) is 11.9. The zero-order valence-corrected chi connectivity index (χ0v) is 11.9. The molecule has 0 radical (unpaired) electrons. The van der Waals surface area contributed by atoms with Gasteiger partial charge in [-0.15, -0.1) is 0 Å². The highest BCUT2D eigenvalue weighted by Crippen LogP contribution is 2.12. The van der Waals surface area contributed by atoms with Crippen LogP contribution < -0.4 is 10.6 Å². The monoisotopic (exact) mass is 312 g/mol. The van der Waals surface area contributed by atoms with Crippen molar-refractivity contribution in [3.63, 3.8) is 0 Å². The van der Waals surface area contributed by atoms with E-state index in [1.54, 1.807) is 7.11 Å². The third-order valence-corrected chi connectivity index (χ3v) is 3.59. The summed E-state index contributed by atoms with van der Waals surface area (Å²) in [7, 11) is 1.67. The van der Waals surface area contributed by atoms with Crippen LogP contribution in [0.15, 0.2) is 28.7 Å². The Hall–Kier alpha value is -0.910. The molecule has 1 aliphatic heterocycles. The van der Waals surface area contributed by atoms with Crippen molar-refractivity contribution >= 4 is 21.8 Å². The lowest BCUT2D eigenvalue weighted by Gasteiger charge is -2.11. The summed E-state index contributed by atoms with van der Waals surface area (Å²) in [6.45, 7) is 1.29. The molecule has 1 amide bonds. The fourth-order valence-electron chi connectivity index (χ4n) is 2.04. The number of methoxy groups -OCH3 is 1. The Morgan fingerprint density at radius 1 is 1.61 bits per heavy atom. The topological polar surface area (TPSA) is 50.4 Å². The van der Waals surface area contributed by atoms with Crippen molar-refractivity contribution in [3.8, 4) is 0 Å². The number of hydrogen-bond donors (Lipinski definition) is 2. The highest BCUT2D eigenvalue weighted by atomic mass is 79.9. The van der Waals surface area contributed by atoms with Crippen LogP contribution in [0, 0.1) is 0 Å². The molecule has 2 atom stereocenters. The van der Waals surface area contributed by atoms with Gasteiger partial charge in [-0.2, -0.15) is 0 Å². The molecule has 2 N–H and O–H groups in total. The third kappa shape index (κ3) is 3.54. The van der Waals surface area contributed by atoms with Crippen LogP contribution in [0.4, 0.5) is 0 Å². The van der Waals surface area contributed by atoms with E-state index >= 15 is 0 Å². The Labute approximate surface area is 115 Å². The molecule has 0 aromatic heterocycles. The highest BCUT2D eigenvalue weighted by Gasteiger charge is 2.28. The minimum atomic E-state index is -0.137. The molecule has 0 spiro atoms. The van der Waals surface area contributed by atoms with Crippen molar-refractivity contribution in [1.82, 2.24) is 10.6 Å². The number of carbonyl (C=O) groups excluding carboxylic acids is 1. The van der Waals surface area contributed by atoms with Gasteiger partial charge in [0.1, 0.15) is 0 Å². The Morgan fingerprint density at radius 2 is 2.44 bits per heavy atom. The Bertz CT molecular complexity index is 425. The summed E-state index contributed by atoms with van der Waals surface area (Å²) in [5.74, 6) is 0.0366. The van der Waals surface area contributed by atoms with Crippen molar-refractivity contribution in [2.75, 3.05) is 13.7 Å². The first-order valence-corrected chi connectivity index (χ1v) is 6.76. The Morgan fingerprint density at radius 3 is 3.11 bits per heavy atom. The van der Waals surface area contributed by atoms with Crippen LogP contribution in [0.5, 0.6) is 0 Å². The van der Waals surface area contributed by atoms with E-state index in [2.05, 4.69) is 26.6 Å². The second-order valence-corrected chi connectivity index (χ2v) is 5.32. The molecule has 2 unspecified atom stereocenters. The summed E-state index contributed by atoms with van der Waals surface area (Å²) in [6.07, 6.45) is 0.882. The van der Waals surface area contributed by atoms with E-state index in [1.807, 2.05) is 24.3 Å². The van der Waals surface area contributed by atoms with E-state index in [0.29, 0.717) is 6.54 Å². The minimum Gasteiger partial charge on any atom is -0.380 e. The lowest BCUT2D eigenvalue weighted by atomic mass is 10.2. The lowest BCUT2D eigenvalue weighted by Crippen LogP contribution is -2.39. The van der Waals surface area contributed by atoms with Crippen LogP contribution in [-0.4, -0.2) is 31.7 Å². The SMILES string of the molecule is COC1CNC(C(=O)NCc2cccc(Br)c2)C1. The fraction of sp³-hybridized carbons (Fsp3) is 0.462. The first-order valence-electron chi connectivity index (χ1n) is 5.97. The molecule has 0 aliphatic carbocycles. The zero-order valence-electron chi connectivity index (χ0n) is 10.3. The second kappa shape index (κ2) is 6.31. The molecule has 5 heteroatoms. The van der Waals surface area contributed by atoms with Gasteiger partial charge in [-0.3, -0.25) is 4.79 Å². The maximum atomic E-state index is 11.9. The first-order chi connectivity index (χ1) is 8.69. The van der Waals surface area contributed by atoms with Gasteiger partial charge in [-0.05, 0) is 24.1 Å². The van der Waals surface area contributed by atoms with Gasteiger partial charge in [-0.25, -0.2) is 0 Å². The van der Waals surface area contributed by atoms with E-state index in [0.717, 1.165) is 23.0 Å². The summed E-state index contributed by atoms with van der Waals surface area (Å²) in [5.41, 5.74) is 1.08. The summed E-state index contributed by atoms with van der Waals surface area (Å²) in [5, 5.41) is 6.09. The minimum absolute atomic E-state index is 0.0366. The highest BCUT2D eigenvalue weighted by molar-refractivity contribution is 9.10. The molecule has 4 nitrogen and oxygen atoms in total. The average molecular weight is 313 g/mol. The van der Waals surface area contributed by atoms with Gasteiger partial charge < -0.3 is 15.4 Å². The number of carbonyl (C=O) groups is 1. The van der Waals surface area contributed by atoms with Crippen molar-refractivity contribution < 1.29 is 9.53 Å². The summed E-state index contributed by atoms with van der Waals surface area (Å²) >= 11 is 3.41. The quantitative estimate of drug-likeness (QED) is 0.884. The Kier molecular flexibility index (Phi) is 4.74. The van der Waals surface area contributed by atoms with Crippen molar-refractivity contribution in [3.05, 3.63) is 34.3 Å². The number of amides is 1. The largest absolute Gasteiger partial charge is 0.380 e. The molecule has 2 rings (SSSR count). The van der Waals surface area contributed by atoms with Crippen LogP contribution in [0.1, 0.15) is 12.0 Å². The molecular formula is C13H17BrN2O2. The fourth-order valence-corrected chi connectivity index (χ4v) is 2.49. The van der Waals surface area contributed by atoms with Gasteiger partial charge in [0.15, 0.2) is 0 Å². The summed E-state index contributed by atoms with van der Waals surface area (Å²) < 4.78 is 6.24. The maximum absolute atomic E-state index is 11.9. The zero-order chi connectivity index (χ0) is 13.0. The first kappa shape index (κ1) is 13.5. The van der Waals surface area contributed by atoms with Crippen LogP contribution in [0.2, 0.25) is 0 Å². The number of nitrogens with one attached hydrogen (secondary N) is 2. The molecule has 0 saturated carbocycles. The molecule has 98 valence electrons. The molecule has 1 fully saturated rings. The third-order valence-electron chi connectivity index (χ3n) is 3.10. The normalized spacial score (nSPS) is 23.0. The van der Waals surface area contributed by atoms with Gasteiger partial charge in [0.2, 0.25) is 5.91 Å². The Balaban J connectivity index is 1.82. The molecular weight excluding hydrogens is 296 g/mol. The van der Waals surface area contributed by atoms with Crippen LogP contribution >= 0.6 is 15.9 Å². The molecule has 1 aromatic carbocycles. The number of benzene rings is 1. The number of hydrogen-bond acceptors (Lipinski definition) is 3. The molecule has 1 aliphatic rings. The van der Waals surface area contributed by atoms with Gasteiger partial charge in [0.05, 0.1) is 12.1 Å². The van der Waals surface area contributed by atoms with Crippen molar-refractivity contribution in [2.45, 2.75) is 25.1 Å². The number of halogens is 1. The summed E-state index contributed by atoms with van der Waals surface area (Å²) in [6, 6.07) is 7.78. The lowest BCUT2D eigenvalue weighted by molar-refractivity contribution is -0.123. The molecule has 1 aromatic rings. The van der Waals surface area contributed by atoms with Gasteiger partial charge in [-0.1, -0.05) is 28.1 Å². The number of rotatable bonds is 4. The van der Waals surface area contributed by atoms with Crippen molar-refractivity contribution in [1.29, 1.82) is 0 Å². The van der Waals surface area contributed by atoms with Crippen LogP contribution in [0.3, 0.4) is 0 Å². The predicted octanol–water partition coefficient (Wildman–Crippen LogP) is 1.44. The average Bonchev–Trinajstić information content (AvgIpc) is 2.85. The van der Waals surface area contributed by atoms with E-state index in [1.165, 1.54) is 0 Å². The van der Waals surface area contributed by atoms with Gasteiger partial charge >= 0.3 is 0 Å². The standard InChI is InChI=1S/C13H17BrN2O2/c1-18-11-6-12(15-8-11)13(17)16-7-9-3-2-4-10(14)5-9/h2-5,11-12,15H,6-8H2,1H3,(H,16,17). The van der Waals surface area contributed by atoms with E-state index in [-0.39, 0.29) is 18.1 Å². The molecule has 18 heavy (non-hydrogen) atoms. The predicted molar refractivity (Wildman–Crippen MR) is 73.2 cm³/mol. The van der Waals surface area contributed by atoms with E-state index in [9.17, 15) is 4.79 Å². The second-order valence-electron chi connectivity index (χ2n) is 4.40. The van der Waals surface area contributed by atoms with Gasteiger partial charge in [0.25, 0.3) is 0 Å². The van der Waals surface area contributed by atoms with Crippen molar-refractivity contribution in [2.24, 2.45) is 0 Å². The molecule has 1 saturated heterocycles. The van der Waals surface area contributed by atoms with E-state index < -0.39 is 0 Å². The van der Waals surface area contributed by atoms with Gasteiger partial charge in [0, 0.05) is 24.7 Å². The smallest absolute Gasteiger partial charge is 0.237 e. The van der Waals surface area contributed by atoms with Crippen LogP contribution in [0.25, 0.3) is 0 Å². The molecule has 0 bridgehead atoms. The number of ether oxygens (including phenoxy) is 1. The van der Waals surface area contributed by atoms with Crippen LogP contribution in [-0.2, 0) is 16.1 Å². The molecule has 1 heterocycles. The van der Waals surface area contributed by atoms with E-state index in [4.69, 9.17) is 4.74 Å².